The monoisotopic (exact) mass is 505 g/mol. The Morgan fingerprint density at radius 2 is 1.92 bits per heavy atom. The third-order valence-electron chi connectivity index (χ3n) is 6.75. The van der Waals surface area contributed by atoms with Crippen LogP contribution in [0.2, 0.25) is 0 Å². The summed E-state index contributed by atoms with van der Waals surface area (Å²) in [6.07, 6.45) is 4.83. The summed E-state index contributed by atoms with van der Waals surface area (Å²) in [7, 11) is 0. The molecular formula is C30H35NO4S. The molecule has 36 heavy (non-hydrogen) atoms. The number of aliphatic hydroxyl groups excluding tert-OH is 1. The normalized spacial score (nSPS) is 16.3. The molecule has 1 aliphatic rings. The summed E-state index contributed by atoms with van der Waals surface area (Å²) in [5.41, 5.74) is 3.46. The van der Waals surface area contributed by atoms with Gasteiger partial charge >= 0.3 is 5.97 Å². The lowest BCUT2D eigenvalue weighted by atomic mass is 9.97. The van der Waals surface area contributed by atoms with Crippen molar-refractivity contribution in [1.29, 1.82) is 0 Å². The van der Waals surface area contributed by atoms with Gasteiger partial charge in [-0.1, -0.05) is 54.6 Å². The highest BCUT2D eigenvalue weighted by Crippen LogP contribution is 2.26. The Bertz CT molecular complexity index is 1140. The molecule has 4 rings (SSSR count). The Labute approximate surface area is 217 Å². The highest BCUT2D eigenvalue weighted by Gasteiger charge is 2.30. The van der Waals surface area contributed by atoms with Gasteiger partial charge in [0, 0.05) is 23.9 Å². The quantitative estimate of drug-likeness (QED) is 0.311. The fourth-order valence-electron chi connectivity index (χ4n) is 4.92. The molecule has 1 N–H and O–H groups in total. The van der Waals surface area contributed by atoms with Crippen LogP contribution in [-0.4, -0.2) is 47.2 Å². The smallest absolute Gasteiger partial charge is 0.348 e. The molecular weight excluding hydrogens is 470 g/mol. The van der Waals surface area contributed by atoms with Crippen LogP contribution < -0.4 is 0 Å². The first kappa shape index (κ1) is 26.1. The van der Waals surface area contributed by atoms with Gasteiger partial charge in [0.1, 0.15) is 4.88 Å². The number of amides is 1. The van der Waals surface area contributed by atoms with Crippen LogP contribution in [0.15, 0.2) is 66.7 Å². The number of nitrogens with zero attached hydrogens (tertiary/aromatic N) is 1. The Morgan fingerprint density at radius 3 is 2.72 bits per heavy atom. The number of aryl methyl sites for hydroxylation is 1. The molecule has 6 heteroatoms. The maximum atomic E-state index is 12.5. The van der Waals surface area contributed by atoms with Crippen LogP contribution in [0.1, 0.15) is 59.1 Å². The van der Waals surface area contributed by atoms with Crippen LogP contribution >= 0.6 is 11.3 Å². The Morgan fingerprint density at radius 1 is 1.11 bits per heavy atom. The molecule has 0 radical (unpaired) electrons. The summed E-state index contributed by atoms with van der Waals surface area (Å²) in [5.74, 6) is -0.0580. The SMILES string of the molecule is CCOC(=O)c1ccc(CCCN2C(=O)CC[C@@H]2CCC(O)Cc2cccc(-c3ccccc3)c2)s1. The second-order valence-electron chi connectivity index (χ2n) is 9.37. The molecule has 5 nitrogen and oxygen atoms in total. The molecule has 3 aromatic rings. The van der Waals surface area contributed by atoms with Gasteiger partial charge in [-0.2, -0.15) is 0 Å². The number of benzene rings is 2. The average molecular weight is 506 g/mol. The van der Waals surface area contributed by atoms with Gasteiger partial charge in [-0.25, -0.2) is 4.79 Å². The molecule has 1 unspecified atom stereocenters. The molecule has 1 aliphatic heterocycles. The van der Waals surface area contributed by atoms with E-state index in [0.717, 1.165) is 41.7 Å². The minimum Gasteiger partial charge on any atom is -0.462 e. The molecule has 1 saturated heterocycles. The number of thiophene rings is 1. The highest BCUT2D eigenvalue weighted by molar-refractivity contribution is 7.13. The lowest BCUT2D eigenvalue weighted by Gasteiger charge is -2.25. The summed E-state index contributed by atoms with van der Waals surface area (Å²) in [5, 5.41) is 10.7. The van der Waals surface area contributed by atoms with Crippen molar-refractivity contribution in [3.05, 3.63) is 82.0 Å². The number of aliphatic hydroxyl groups is 1. The third-order valence-corrected chi connectivity index (χ3v) is 7.88. The maximum absolute atomic E-state index is 12.5. The number of likely N-dealkylation sites (tertiary alicyclic amines) is 1. The molecule has 0 aliphatic carbocycles. The van der Waals surface area contributed by atoms with Gasteiger partial charge in [-0.3, -0.25) is 4.79 Å². The van der Waals surface area contributed by atoms with Crippen LogP contribution in [0.3, 0.4) is 0 Å². The number of hydrogen-bond donors (Lipinski definition) is 1. The molecule has 0 bridgehead atoms. The van der Waals surface area contributed by atoms with E-state index in [9.17, 15) is 14.7 Å². The van der Waals surface area contributed by atoms with Crippen molar-refractivity contribution < 1.29 is 19.4 Å². The number of carbonyl (C=O) groups excluding carboxylic acids is 2. The number of hydrogen-bond acceptors (Lipinski definition) is 5. The minimum atomic E-state index is -0.430. The summed E-state index contributed by atoms with van der Waals surface area (Å²) < 4.78 is 5.06. The van der Waals surface area contributed by atoms with Crippen molar-refractivity contribution in [2.24, 2.45) is 0 Å². The van der Waals surface area contributed by atoms with Gasteiger partial charge in [0.2, 0.25) is 5.91 Å². The Balaban J connectivity index is 1.24. The molecule has 1 fully saturated rings. The zero-order valence-electron chi connectivity index (χ0n) is 20.9. The maximum Gasteiger partial charge on any atom is 0.348 e. The number of ether oxygens (including phenoxy) is 1. The van der Waals surface area contributed by atoms with E-state index in [1.54, 1.807) is 6.92 Å². The molecule has 0 saturated carbocycles. The lowest BCUT2D eigenvalue weighted by Crippen LogP contribution is -2.34. The first-order valence-electron chi connectivity index (χ1n) is 12.9. The lowest BCUT2D eigenvalue weighted by molar-refractivity contribution is -0.129. The largest absolute Gasteiger partial charge is 0.462 e. The van der Waals surface area contributed by atoms with Crippen molar-refractivity contribution in [2.75, 3.05) is 13.2 Å². The first-order valence-corrected chi connectivity index (χ1v) is 13.7. The second-order valence-corrected chi connectivity index (χ2v) is 10.5. The van der Waals surface area contributed by atoms with Gasteiger partial charge in [-0.15, -0.1) is 11.3 Å². The van der Waals surface area contributed by atoms with Gasteiger partial charge < -0.3 is 14.7 Å². The molecule has 2 heterocycles. The fraction of sp³-hybridized carbons (Fsp3) is 0.400. The van der Waals surface area contributed by atoms with Gasteiger partial charge in [0.05, 0.1) is 12.7 Å². The van der Waals surface area contributed by atoms with Crippen molar-refractivity contribution in [2.45, 2.75) is 64.0 Å². The van der Waals surface area contributed by atoms with Crippen molar-refractivity contribution in [3.8, 4) is 11.1 Å². The number of rotatable bonds is 12. The van der Waals surface area contributed by atoms with Crippen molar-refractivity contribution in [1.82, 2.24) is 4.90 Å². The molecule has 0 spiro atoms. The predicted octanol–water partition coefficient (Wildman–Crippen LogP) is 5.90. The summed E-state index contributed by atoms with van der Waals surface area (Å²) in [6, 6.07) is 22.6. The van der Waals surface area contributed by atoms with E-state index in [1.165, 1.54) is 16.9 Å². The van der Waals surface area contributed by atoms with E-state index in [1.807, 2.05) is 41.3 Å². The van der Waals surface area contributed by atoms with E-state index in [-0.39, 0.29) is 17.9 Å². The van der Waals surface area contributed by atoms with Crippen LogP contribution in [0.5, 0.6) is 0 Å². The van der Waals surface area contributed by atoms with Gasteiger partial charge in [0.25, 0.3) is 0 Å². The Kier molecular flexibility index (Phi) is 9.31. The number of esters is 1. The van der Waals surface area contributed by atoms with Gasteiger partial charge in [0.15, 0.2) is 0 Å². The van der Waals surface area contributed by atoms with Crippen LogP contribution in [0.4, 0.5) is 0 Å². The molecule has 2 atom stereocenters. The zero-order chi connectivity index (χ0) is 25.3. The van der Waals surface area contributed by atoms with E-state index >= 15 is 0 Å². The Hall–Kier alpha value is -2.96. The zero-order valence-corrected chi connectivity index (χ0v) is 21.7. The van der Waals surface area contributed by atoms with Crippen LogP contribution in [0.25, 0.3) is 11.1 Å². The topological polar surface area (TPSA) is 66.8 Å². The summed E-state index contributed by atoms with van der Waals surface area (Å²) in [4.78, 5) is 28.1. The third kappa shape index (κ3) is 7.05. The van der Waals surface area contributed by atoms with E-state index in [4.69, 9.17) is 4.74 Å². The summed E-state index contributed by atoms with van der Waals surface area (Å²) in [6.45, 7) is 2.89. The standard InChI is InChI=1S/C30H35NO4S/c1-2-35-30(34)28-17-16-27(36-28)12-7-19-31-25(14-18-29(31)33)13-15-26(32)21-22-8-6-11-24(20-22)23-9-4-3-5-10-23/h3-6,8-11,16-17,20,25-26,32H,2,7,12-15,18-19,21H2,1H3/t25-,26?/m0/s1. The van der Waals surface area contributed by atoms with Crippen molar-refractivity contribution in [3.63, 3.8) is 0 Å². The average Bonchev–Trinajstić information content (AvgIpc) is 3.51. The summed E-state index contributed by atoms with van der Waals surface area (Å²) >= 11 is 1.47. The fourth-order valence-corrected chi connectivity index (χ4v) is 5.86. The van der Waals surface area contributed by atoms with E-state index in [2.05, 4.69) is 30.3 Å². The van der Waals surface area contributed by atoms with E-state index in [0.29, 0.717) is 37.3 Å². The number of carbonyl (C=O) groups is 2. The molecule has 2 aromatic carbocycles. The highest BCUT2D eigenvalue weighted by atomic mass is 32.1. The predicted molar refractivity (Wildman–Crippen MR) is 144 cm³/mol. The van der Waals surface area contributed by atoms with Crippen LogP contribution in [0, 0.1) is 0 Å². The van der Waals surface area contributed by atoms with Gasteiger partial charge in [-0.05, 0) is 74.3 Å². The minimum absolute atomic E-state index is 0.196. The molecule has 1 aromatic heterocycles. The first-order chi connectivity index (χ1) is 17.5. The molecule has 1 amide bonds. The second kappa shape index (κ2) is 12.8. The van der Waals surface area contributed by atoms with Crippen LogP contribution in [-0.2, 0) is 22.4 Å². The van der Waals surface area contributed by atoms with Crippen molar-refractivity contribution >= 4 is 23.2 Å². The molecule has 190 valence electrons. The van der Waals surface area contributed by atoms with E-state index < -0.39 is 6.10 Å².